The number of carbonyl (C=O) groups is 1. The predicted molar refractivity (Wildman–Crippen MR) is 83.9 cm³/mol. The van der Waals surface area contributed by atoms with Gasteiger partial charge in [-0.1, -0.05) is 19.3 Å². The van der Waals surface area contributed by atoms with Gasteiger partial charge in [0.2, 0.25) is 5.91 Å². The quantitative estimate of drug-likeness (QED) is 0.928. The molecule has 1 fully saturated rings. The van der Waals surface area contributed by atoms with Crippen LogP contribution in [0, 0.1) is 11.3 Å². The summed E-state index contributed by atoms with van der Waals surface area (Å²) in [6, 6.07) is 8.95. The third-order valence-electron chi connectivity index (χ3n) is 4.10. The molecule has 1 atom stereocenters. The van der Waals surface area contributed by atoms with Gasteiger partial charge in [0.15, 0.2) is 0 Å². The molecule has 1 aliphatic rings. The van der Waals surface area contributed by atoms with Crippen LogP contribution >= 0.6 is 0 Å². The van der Waals surface area contributed by atoms with Crippen molar-refractivity contribution in [1.82, 2.24) is 4.90 Å². The normalized spacial score (nSPS) is 18.1. The number of hydrogen-bond acceptors (Lipinski definition) is 3. The molecule has 1 heterocycles. The molecule has 1 aromatic carbocycles. The van der Waals surface area contributed by atoms with Gasteiger partial charge in [-0.2, -0.15) is 5.26 Å². The summed E-state index contributed by atoms with van der Waals surface area (Å²) in [5, 5.41) is 11.7. The van der Waals surface area contributed by atoms with Gasteiger partial charge in [-0.25, -0.2) is 0 Å². The third kappa shape index (κ3) is 4.57. The van der Waals surface area contributed by atoms with E-state index < -0.39 is 0 Å². The average Bonchev–Trinajstić information content (AvgIpc) is 2.47. The zero-order valence-corrected chi connectivity index (χ0v) is 12.6. The summed E-state index contributed by atoms with van der Waals surface area (Å²) in [6.07, 6.45) is 6.20. The minimum absolute atomic E-state index is 0.0280. The minimum Gasteiger partial charge on any atom is -0.325 e. The van der Waals surface area contributed by atoms with E-state index in [0.717, 1.165) is 18.8 Å². The molecule has 1 N–H and O–H groups in total. The van der Waals surface area contributed by atoms with Crippen molar-refractivity contribution in [2.45, 2.75) is 45.1 Å². The number of likely N-dealkylation sites (tertiary alicyclic amines) is 1. The monoisotopic (exact) mass is 285 g/mol. The minimum atomic E-state index is -0.112. The lowest BCUT2D eigenvalue weighted by molar-refractivity contribution is -0.120. The molecule has 21 heavy (non-hydrogen) atoms. The van der Waals surface area contributed by atoms with Crippen molar-refractivity contribution in [3.05, 3.63) is 29.8 Å². The molecule has 4 nitrogen and oxygen atoms in total. The maximum absolute atomic E-state index is 12.3. The number of carbonyl (C=O) groups excluding carboxylic acids is 1. The Labute approximate surface area is 126 Å². The molecule has 2 rings (SSSR count). The number of nitrogens with one attached hydrogen (secondary N) is 1. The first-order valence-electron chi connectivity index (χ1n) is 7.76. The number of anilines is 1. The molecule has 4 heteroatoms. The second-order valence-corrected chi connectivity index (χ2v) is 5.66. The fraction of sp³-hybridized carbons (Fsp3) is 0.529. The summed E-state index contributed by atoms with van der Waals surface area (Å²) >= 11 is 0. The van der Waals surface area contributed by atoms with Crippen molar-refractivity contribution in [2.75, 3.05) is 18.4 Å². The van der Waals surface area contributed by atoms with Crippen LogP contribution in [0.15, 0.2) is 24.3 Å². The van der Waals surface area contributed by atoms with Crippen LogP contribution in [-0.2, 0) is 4.79 Å². The highest BCUT2D eigenvalue weighted by atomic mass is 16.2. The van der Waals surface area contributed by atoms with Crippen LogP contribution in [0.3, 0.4) is 0 Å². The van der Waals surface area contributed by atoms with E-state index in [1.807, 2.05) is 6.92 Å². The number of benzene rings is 1. The number of rotatable bonds is 3. The number of nitrogens with zero attached hydrogens (tertiary/aromatic N) is 2. The van der Waals surface area contributed by atoms with Gasteiger partial charge in [-0.15, -0.1) is 0 Å². The molecule has 1 aliphatic heterocycles. The summed E-state index contributed by atoms with van der Waals surface area (Å²) in [6.45, 7) is 3.98. The molecule has 112 valence electrons. The Morgan fingerprint density at radius 3 is 2.29 bits per heavy atom. The molecule has 0 bridgehead atoms. The Morgan fingerprint density at radius 1 is 1.14 bits per heavy atom. The number of nitriles is 1. The molecule has 0 radical (unpaired) electrons. The van der Waals surface area contributed by atoms with E-state index in [2.05, 4.69) is 16.3 Å². The van der Waals surface area contributed by atoms with Crippen molar-refractivity contribution >= 4 is 11.6 Å². The summed E-state index contributed by atoms with van der Waals surface area (Å²) in [5.74, 6) is 0.0280. The van der Waals surface area contributed by atoms with E-state index in [1.54, 1.807) is 24.3 Å². The summed E-state index contributed by atoms with van der Waals surface area (Å²) in [7, 11) is 0. The Kier molecular flexibility index (Phi) is 5.77. The van der Waals surface area contributed by atoms with Crippen molar-refractivity contribution in [3.8, 4) is 6.07 Å². The van der Waals surface area contributed by atoms with Gasteiger partial charge >= 0.3 is 0 Å². The highest BCUT2D eigenvalue weighted by molar-refractivity contribution is 5.94. The van der Waals surface area contributed by atoms with Crippen molar-refractivity contribution in [3.63, 3.8) is 0 Å². The second kappa shape index (κ2) is 7.80. The van der Waals surface area contributed by atoms with Gasteiger partial charge in [0.1, 0.15) is 0 Å². The van der Waals surface area contributed by atoms with Crippen LogP contribution in [-0.4, -0.2) is 29.9 Å². The average molecular weight is 285 g/mol. The largest absolute Gasteiger partial charge is 0.325 e. The molecule has 1 saturated heterocycles. The zero-order chi connectivity index (χ0) is 15.1. The first-order valence-corrected chi connectivity index (χ1v) is 7.76. The van der Waals surface area contributed by atoms with Gasteiger partial charge < -0.3 is 5.32 Å². The molecule has 1 amide bonds. The molecule has 0 aliphatic carbocycles. The van der Waals surface area contributed by atoms with E-state index >= 15 is 0 Å². The van der Waals surface area contributed by atoms with E-state index in [9.17, 15) is 4.79 Å². The maximum Gasteiger partial charge on any atom is 0.241 e. The number of amides is 1. The summed E-state index contributed by atoms with van der Waals surface area (Å²) < 4.78 is 0. The zero-order valence-electron chi connectivity index (χ0n) is 12.6. The Bertz CT molecular complexity index is 496. The summed E-state index contributed by atoms with van der Waals surface area (Å²) in [4.78, 5) is 14.6. The summed E-state index contributed by atoms with van der Waals surface area (Å²) in [5.41, 5.74) is 1.35. The highest BCUT2D eigenvalue weighted by Gasteiger charge is 2.21. The lowest BCUT2D eigenvalue weighted by Gasteiger charge is -2.29. The molecule has 0 saturated carbocycles. The third-order valence-corrected chi connectivity index (χ3v) is 4.10. The van der Waals surface area contributed by atoms with Gasteiger partial charge in [0, 0.05) is 5.69 Å². The van der Waals surface area contributed by atoms with Gasteiger partial charge in [0.25, 0.3) is 0 Å². The molecule has 0 aromatic heterocycles. The van der Waals surface area contributed by atoms with Crippen LogP contribution in [0.25, 0.3) is 0 Å². The van der Waals surface area contributed by atoms with E-state index in [1.165, 1.54) is 32.1 Å². The van der Waals surface area contributed by atoms with Crippen LogP contribution in [0.4, 0.5) is 5.69 Å². The number of hydrogen-bond donors (Lipinski definition) is 1. The van der Waals surface area contributed by atoms with Crippen molar-refractivity contribution in [2.24, 2.45) is 0 Å². The smallest absolute Gasteiger partial charge is 0.241 e. The predicted octanol–water partition coefficient (Wildman–Crippen LogP) is 3.15. The van der Waals surface area contributed by atoms with Gasteiger partial charge in [-0.3, -0.25) is 9.69 Å². The first-order chi connectivity index (χ1) is 10.2. The molecule has 1 aromatic rings. The van der Waals surface area contributed by atoms with E-state index in [4.69, 9.17) is 5.26 Å². The van der Waals surface area contributed by atoms with Gasteiger partial charge in [-0.05, 0) is 57.1 Å². The van der Waals surface area contributed by atoms with Crippen LogP contribution in [0.2, 0.25) is 0 Å². The topological polar surface area (TPSA) is 56.1 Å². The molecule has 0 spiro atoms. The van der Waals surface area contributed by atoms with E-state index in [-0.39, 0.29) is 11.9 Å². The SMILES string of the molecule is C[C@H](C(=O)Nc1ccc(C#N)cc1)N1CCCCCCC1. The fourth-order valence-corrected chi connectivity index (χ4v) is 2.70. The second-order valence-electron chi connectivity index (χ2n) is 5.66. The van der Waals surface area contributed by atoms with Crippen molar-refractivity contribution < 1.29 is 4.79 Å². The van der Waals surface area contributed by atoms with Crippen LogP contribution in [0.5, 0.6) is 0 Å². The first kappa shape index (κ1) is 15.5. The van der Waals surface area contributed by atoms with Crippen molar-refractivity contribution in [1.29, 1.82) is 5.26 Å². The van der Waals surface area contributed by atoms with E-state index in [0.29, 0.717) is 5.56 Å². The Hall–Kier alpha value is -1.86. The fourth-order valence-electron chi connectivity index (χ4n) is 2.70. The van der Waals surface area contributed by atoms with Crippen LogP contribution in [0.1, 0.15) is 44.6 Å². The Balaban J connectivity index is 1.92. The highest BCUT2D eigenvalue weighted by Crippen LogP contribution is 2.15. The van der Waals surface area contributed by atoms with Crippen LogP contribution < -0.4 is 5.32 Å². The Morgan fingerprint density at radius 2 is 1.71 bits per heavy atom. The molecular formula is C17H23N3O. The maximum atomic E-state index is 12.3. The lowest BCUT2D eigenvalue weighted by Crippen LogP contribution is -2.43. The molecular weight excluding hydrogens is 262 g/mol. The molecule has 0 unspecified atom stereocenters. The lowest BCUT2D eigenvalue weighted by atomic mass is 10.1. The van der Waals surface area contributed by atoms with Gasteiger partial charge in [0.05, 0.1) is 17.7 Å². The standard InChI is InChI=1S/C17H23N3O/c1-14(20-11-5-3-2-4-6-12-20)17(21)19-16-9-7-15(13-18)8-10-16/h7-10,14H,2-6,11-12H2,1H3,(H,19,21)/t14-/m1/s1.